The van der Waals surface area contributed by atoms with E-state index in [-0.39, 0.29) is 30.2 Å². The van der Waals surface area contributed by atoms with Crippen molar-refractivity contribution in [1.29, 1.82) is 0 Å². The van der Waals surface area contributed by atoms with Gasteiger partial charge in [-0.1, -0.05) is 37.1 Å². The summed E-state index contributed by atoms with van der Waals surface area (Å²) >= 11 is 0. The maximum absolute atomic E-state index is 13.6. The summed E-state index contributed by atoms with van der Waals surface area (Å²) in [5.74, 6) is -0.274. The van der Waals surface area contributed by atoms with Crippen molar-refractivity contribution in [2.75, 3.05) is 18.4 Å². The van der Waals surface area contributed by atoms with E-state index in [4.69, 9.17) is 0 Å². The van der Waals surface area contributed by atoms with Crippen LogP contribution in [0.25, 0.3) is 0 Å². The number of carbonyl (C=O) groups excluding carboxylic acids is 1. The molecule has 2 fully saturated rings. The van der Waals surface area contributed by atoms with Crippen molar-refractivity contribution < 1.29 is 14.3 Å². The smallest absolute Gasteiger partial charge is 0.238 e. The van der Waals surface area contributed by atoms with Crippen LogP contribution >= 0.6 is 0 Å². The molecule has 30 heavy (non-hydrogen) atoms. The molecule has 2 aromatic rings. The summed E-state index contributed by atoms with van der Waals surface area (Å²) in [5, 5.41) is 14.4. The largest absolute Gasteiger partial charge is 0.389 e. The summed E-state index contributed by atoms with van der Waals surface area (Å²) in [4.78, 5) is 15.1. The minimum Gasteiger partial charge on any atom is -0.389 e. The van der Waals surface area contributed by atoms with Crippen molar-refractivity contribution in [3.63, 3.8) is 0 Å². The highest BCUT2D eigenvalue weighted by Crippen LogP contribution is 2.49. The molecule has 1 heterocycles. The molecule has 1 saturated carbocycles. The van der Waals surface area contributed by atoms with Gasteiger partial charge in [0.05, 0.1) is 12.1 Å². The van der Waals surface area contributed by atoms with Gasteiger partial charge in [-0.05, 0) is 68.0 Å². The summed E-state index contributed by atoms with van der Waals surface area (Å²) in [6.07, 6.45) is 4.51. The van der Waals surface area contributed by atoms with E-state index in [0.29, 0.717) is 13.0 Å². The average Bonchev–Trinajstić information content (AvgIpc) is 2.71. The van der Waals surface area contributed by atoms with Crippen molar-refractivity contribution >= 4 is 11.6 Å². The third-order valence-corrected chi connectivity index (χ3v) is 6.90. The summed E-state index contributed by atoms with van der Waals surface area (Å²) in [6, 6.07) is 12.5. The number of hydrogen-bond donors (Lipinski definition) is 2. The number of benzene rings is 2. The fraction of sp³-hybridized carbons (Fsp3) is 0.480. The van der Waals surface area contributed by atoms with Gasteiger partial charge in [0.25, 0.3) is 0 Å². The van der Waals surface area contributed by atoms with Crippen molar-refractivity contribution in [2.45, 2.75) is 57.6 Å². The van der Waals surface area contributed by atoms with Crippen LogP contribution in [0.15, 0.2) is 42.5 Å². The maximum Gasteiger partial charge on any atom is 0.238 e. The van der Waals surface area contributed by atoms with Crippen LogP contribution in [0.5, 0.6) is 0 Å². The molecule has 5 heteroatoms. The van der Waals surface area contributed by atoms with Crippen LogP contribution in [0.2, 0.25) is 0 Å². The zero-order chi connectivity index (χ0) is 21.3. The monoisotopic (exact) mass is 410 g/mol. The highest BCUT2D eigenvalue weighted by Gasteiger charge is 2.49. The molecule has 4 rings (SSSR count). The third kappa shape index (κ3) is 4.28. The van der Waals surface area contributed by atoms with Crippen LogP contribution in [0.1, 0.15) is 54.8 Å². The van der Waals surface area contributed by atoms with Crippen molar-refractivity contribution in [3.8, 4) is 0 Å². The Kier molecular flexibility index (Phi) is 5.94. The first kappa shape index (κ1) is 21.0. The van der Waals surface area contributed by atoms with Gasteiger partial charge in [-0.3, -0.25) is 9.69 Å². The minimum absolute atomic E-state index is 0.0546. The summed E-state index contributed by atoms with van der Waals surface area (Å²) in [6.45, 7) is 4.89. The molecule has 160 valence electrons. The maximum atomic E-state index is 13.6. The first-order valence-electron chi connectivity index (χ1n) is 10.9. The molecule has 3 atom stereocenters. The molecule has 0 aromatic heterocycles. The summed E-state index contributed by atoms with van der Waals surface area (Å²) in [7, 11) is 0. The second-order valence-corrected chi connectivity index (χ2v) is 9.04. The van der Waals surface area contributed by atoms with Crippen molar-refractivity contribution in [2.24, 2.45) is 5.92 Å². The number of nitrogens with zero attached hydrogens (tertiary/aromatic N) is 1. The zero-order valence-electron chi connectivity index (χ0n) is 17.8. The quantitative estimate of drug-likeness (QED) is 0.765. The lowest BCUT2D eigenvalue weighted by atomic mass is 9.66. The summed E-state index contributed by atoms with van der Waals surface area (Å²) in [5.41, 5.74) is 3.25. The standard InChI is InChI=1S/C25H31FN2O2/c1-17-6-7-18(2)22(15-17)27-23(29)16-28-14-13-25(30)12-4-3-5-21(25)24(28)19-8-10-20(26)11-9-19/h6-11,15,21,24,30H,3-5,12-14,16H2,1-2H3,(H,27,29)/t21-,24+,25-/m1/s1. The normalized spacial score (nSPS) is 26.8. The van der Waals surface area contributed by atoms with Gasteiger partial charge in [-0.25, -0.2) is 4.39 Å². The van der Waals surface area contributed by atoms with E-state index < -0.39 is 5.60 Å². The van der Waals surface area contributed by atoms with E-state index in [1.165, 1.54) is 12.1 Å². The number of likely N-dealkylation sites (tertiary alicyclic amines) is 1. The Morgan fingerprint density at radius 2 is 1.93 bits per heavy atom. The van der Waals surface area contributed by atoms with Gasteiger partial charge in [0.2, 0.25) is 5.91 Å². The number of aliphatic hydroxyl groups is 1. The molecular formula is C25H31FN2O2. The number of carbonyl (C=O) groups is 1. The van der Waals surface area contributed by atoms with Crippen LogP contribution in [-0.2, 0) is 4.79 Å². The van der Waals surface area contributed by atoms with Crippen LogP contribution in [0.3, 0.4) is 0 Å². The second-order valence-electron chi connectivity index (χ2n) is 9.04. The molecule has 2 aliphatic rings. The molecule has 1 aliphatic heterocycles. The Labute approximate surface area is 178 Å². The average molecular weight is 411 g/mol. The number of rotatable bonds is 4. The number of hydrogen-bond acceptors (Lipinski definition) is 3. The fourth-order valence-electron chi connectivity index (χ4n) is 5.27. The van der Waals surface area contributed by atoms with Gasteiger partial charge in [0.15, 0.2) is 0 Å². The first-order valence-corrected chi connectivity index (χ1v) is 10.9. The lowest BCUT2D eigenvalue weighted by Gasteiger charge is -2.52. The van der Waals surface area contributed by atoms with E-state index in [1.807, 2.05) is 32.0 Å². The number of amides is 1. The highest BCUT2D eigenvalue weighted by molar-refractivity contribution is 5.93. The van der Waals surface area contributed by atoms with Crippen molar-refractivity contribution in [3.05, 3.63) is 65.0 Å². The molecule has 1 aliphatic carbocycles. The molecular weight excluding hydrogens is 379 g/mol. The number of piperidine rings is 1. The van der Waals surface area contributed by atoms with Gasteiger partial charge in [-0.2, -0.15) is 0 Å². The highest BCUT2D eigenvalue weighted by atomic mass is 19.1. The van der Waals surface area contributed by atoms with Crippen LogP contribution in [0.4, 0.5) is 10.1 Å². The van der Waals surface area contributed by atoms with E-state index in [2.05, 4.69) is 10.2 Å². The zero-order valence-corrected chi connectivity index (χ0v) is 17.8. The lowest BCUT2D eigenvalue weighted by molar-refractivity contribution is -0.135. The topological polar surface area (TPSA) is 52.6 Å². The molecule has 0 unspecified atom stereocenters. The molecule has 1 saturated heterocycles. The molecule has 2 N–H and O–H groups in total. The van der Waals surface area contributed by atoms with Gasteiger partial charge < -0.3 is 10.4 Å². The van der Waals surface area contributed by atoms with Crippen molar-refractivity contribution in [1.82, 2.24) is 4.90 Å². The Bertz CT molecular complexity index is 914. The van der Waals surface area contributed by atoms with E-state index in [9.17, 15) is 14.3 Å². The molecule has 4 nitrogen and oxygen atoms in total. The molecule has 1 amide bonds. The number of anilines is 1. The number of fused-ring (bicyclic) bond motifs is 1. The molecule has 0 bridgehead atoms. The van der Waals surface area contributed by atoms with E-state index in [1.54, 1.807) is 12.1 Å². The van der Waals surface area contributed by atoms with Crippen LogP contribution < -0.4 is 5.32 Å². The Balaban J connectivity index is 1.58. The van der Waals surface area contributed by atoms with E-state index in [0.717, 1.165) is 48.1 Å². The molecule has 0 radical (unpaired) electrons. The predicted octanol–water partition coefficient (Wildman–Crippen LogP) is 4.75. The van der Waals surface area contributed by atoms with E-state index >= 15 is 0 Å². The van der Waals surface area contributed by atoms with Crippen LogP contribution in [-0.4, -0.2) is 34.6 Å². The first-order chi connectivity index (χ1) is 14.4. The SMILES string of the molecule is Cc1ccc(C)c(NC(=O)CN2CC[C@]3(O)CCCC[C@@H]3[C@@H]2c2ccc(F)cc2)c1. The van der Waals surface area contributed by atoms with Gasteiger partial charge in [0.1, 0.15) is 5.82 Å². The minimum atomic E-state index is -0.697. The Morgan fingerprint density at radius 1 is 1.17 bits per heavy atom. The lowest BCUT2D eigenvalue weighted by Crippen LogP contribution is -2.56. The number of aryl methyl sites for hydroxylation is 2. The number of halogens is 1. The third-order valence-electron chi connectivity index (χ3n) is 6.90. The summed E-state index contributed by atoms with van der Waals surface area (Å²) < 4.78 is 13.6. The molecule has 0 spiro atoms. The van der Waals surface area contributed by atoms with Gasteiger partial charge >= 0.3 is 0 Å². The molecule has 2 aromatic carbocycles. The Morgan fingerprint density at radius 3 is 2.70 bits per heavy atom. The fourth-order valence-corrected chi connectivity index (χ4v) is 5.27. The Hall–Kier alpha value is -2.24. The second kappa shape index (κ2) is 8.48. The van der Waals surface area contributed by atoms with Gasteiger partial charge in [0, 0.05) is 24.2 Å². The number of nitrogens with one attached hydrogen (secondary N) is 1. The van der Waals surface area contributed by atoms with Gasteiger partial charge in [-0.15, -0.1) is 0 Å². The predicted molar refractivity (Wildman–Crippen MR) is 117 cm³/mol. The van der Waals surface area contributed by atoms with Crippen LogP contribution in [0, 0.1) is 25.6 Å².